The predicted octanol–water partition coefficient (Wildman–Crippen LogP) is 1.15. The molecule has 0 saturated heterocycles. The largest absolute Gasteiger partial charge is 0.481 e. The molecule has 1 fully saturated rings. The van der Waals surface area contributed by atoms with Gasteiger partial charge in [0.25, 0.3) is 0 Å². The van der Waals surface area contributed by atoms with Crippen LogP contribution >= 0.6 is 0 Å². The van der Waals surface area contributed by atoms with Crippen LogP contribution in [0.2, 0.25) is 0 Å². The van der Waals surface area contributed by atoms with Gasteiger partial charge in [0, 0.05) is 5.92 Å². The van der Waals surface area contributed by atoms with Gasteiger partial charge in [0.05, 0.1) is 18.1 Å². The van der Waals surface area contributed by atoms with E-state index in [-0.39, 0.29) is 11.9 Å². The normalized spacial score (nSPS) is 27.9. The van der Waals surface area contributed by atoms with E-state index in [0.29, 0.717) is 6.42 Å². The number of aliphatic carboxylic acids is 1. The van der Waals surface area contributed by atoms with Crippen molar-refractivity contribution >= 4 is 11.9 Å². The number of amides is 1. The first-order valence-corrected chi connectivity index (χ1v) is 6.64. The third kappa shape index (κ3) is 3.98. The zero-order chi connectivity index (χ0) is 13.7. The summed E-state index contributed by atoms with van der Waals surface area (Å²) in [6, 6.07) is -0.233. The zero-order valence-electron chi connectivity index (χ0n) is 11.1. The molecule has 4 atom stereocenters. The molecule has 1 saturated carbocycles. The zero-order valence-corrected chi connectivity index (χ0v) is 11.1. The summed E-state index contributed by atoms with van der Waals surface area (Å²) >= 11 is 0. The van der Waals surface area contributed by atoms with Crippen molar-refractivity contribution in [1.82, 2.24) is 5.32 Å². The van der Waals surface area contributed by atoms with Crippen molar-refractivity contribution in [2.24, 2.45) is 11.8 Å². The van der Waals surface area contributed by atoms with Gasteiger partial charge in [-0.15, -0.1) is 0 Å². The minimum absolute atomic E-state index is 0.233. The summed E-state index contributed by atoms with van der Waals surface area (Å²) in [5, 5.41) is 21.6. The van der Waals surface area contributed by atoms with Crippen molar-refractivity contribution in [1.29, 1.82) is 0 Å². The third-order valence-corrected chi connectivity index (χ3v) is 3.86. The standard InChI is InChI=1S/C13H23NO4/c1-8(9(2)13(17)18)12(16)14-10-6-4-3-5-7-11(10)15/h8-11,15H,3-7H2,1-2H3,(H,14,16)(H,17,18). The van der Waals surface area contributed by atoms with Gasteiger partial charge in [-0.3, -0.25) is 9.59 Å². The van der Waals surface area contributed by atoms with Crippen LogP contribution in [0.3, 0.4) is 0 Å². The Bertz CT molecular complexity index is 305. The van der Waals surface area contributed by atoms with E-state index < -0.39 is 23.9 Å². The maximum atomic E-state index is 11.9. The van der Waals surface area contributed by atoms with E-state index in [4.69, 9.17) is 5.11 Å². The molecule has 0 radical (unpaired) electrons. The van der Waals surface area contributed by atoms with E-state index >= 15 is 0 Å². The van der Waals surface area contributed by atoms with Crippen LogP contribution in [0.25, 0.3) is 0 Å². The topological polar surface area (TPSA) is 86.6 Å². The van der Waals surface area contributed by atoms with Crippen molar-refractivity contribution in [3.63, 3.8) is 0 Å². The lowest BCUT2D eigenvalue weighted by Crippen LogP contribution is -2.46. The molecule has 0 aliphatic heterocycles. The number of aliphatic hydroxyl groups excluding tert-OH is 1. The van der Waals surface area contributed by atoms with E-state index in [2.05, 4.69) is 5.32 Å². The number of rotatable bonds is 4. The van der Waals surface area contributed by atoms with Gasteiger partial charge in [-0.25, -0.2) is 0 Å². The summed E-state index contributed by atoms with van der Waals surface area (Å²) in [6.07, 6.45) is 4.00. The fraction of sp³-hybridized carbons (Fsp3) is 0.846. The number of hydrogen-bond acceptors (Lipinski definition) is 3. The molecule has 0 aromatic carbocycles. The lowest BCUT2D eigenvalue weighted by atomic mass is 9.94. The lowest BCUT2D eigenvalue weighted by molar-refractivity contribution is -0.146. The molecule has 4 unspecified atom stereocenters. The van der Waals surface area contributed by atoms with E-state index in [9.17, 15) is 14.7 Å². The minimum Gasteiger partial charge on any atom is -0.481 e. The van der Waals surface area contributed by atoms with E-state index in [0.717, 1.165) is 25.7 Å². The molecule has 3 N–H and O–H groups in total. The Balaban J connectivity index is 2.54. The van der Waals surface area contributed by atoms with Crippen molar-refractivity contribution in [2.75, 3.05) is 0 Å². The van der Waals surface area contributed by atoms with Gasteiger partial charge in [-0.1, -0.05) is 33.1 Å². The lowest BCUT2D eigenvalue weighted by Gasteiger charge is -2.24. The highest BCUT2D eigenvalue weighted by Gasteiger charge is 2.29. The monoisotopic (exact) mass is 257 g/mol. The van der Waals surface area contributed by atoms with Crippen molar-refractivity contribution in [2.45, 2.75) is 58.1 Å². The first kappa shape index (κ1) is 15.0. The Morgan fingerprint density at radius 1 is 1.11 bits per heavy atom. The highest BCUT2D eigenvalue weighted by molar-refractivity contribution is 5.84. The molecule has 5 heteroatoms. The van der Waals surface area contributed by atoms with Gasteiger partial charge >= 0.3 is 5.97 Å². The van der Waals surface area contributed by atoms with Crippen LogP contribution in [0.15, 0.2) is 0 Å². The van der Waals surface area contributed by atoms with Crippen LogP contribution in [-0.2, 0) is 9.59 Å². The Morgan fingerprint density at radius 3 is 2.33 bits per heavy atom. The van der Waals surface area contributed by atoms with Crippen LogP contribution < -0.4 is 5.32 Å². The van der Waals surface area contributed by atoms with E-state index in [1.165, 1.54) is 6.92 Å². The van der Waals surface area contributed by atoms with Crippen LogP contribution in [0.4, 0.5) is 0 Å². The van der Waals surface area contributed by atoms with Gasteiger partial charge in [0.1, 0.15) is 0 Å². The number of carbonyl (C=O) groups excluding carboxylic acids is 1. The quantitative estimate of drug-likeness (QED) is 0.659. The Kier molecular flexibility index (Phi) is 5.59. The van der Waals surface area contributed by atoms with Crippen LogP contribution in [-0.4, -0.2) is 34.2 Å². The Morgan fingerprint density at radius 2 is 1.72 bits per heavy atom. The number of aliphatic hydroxyl groups is 1. The summed E-state index contributed by atoms with van der Waals surface area (Å²) in [5.74, 6) is -2.55. The summed E-state index contributed by atoms with van der Waals surface area (Å²) in [7, 11) is 0. The highest BCUT2D eigenvalue weighted by atomic mass is 16.4. The van der Waals surface area contributed by atoms with Gasteiger partial charge in [-0.05, 0) is 12.8 Å². The number of carboxylic acid groups (broad SMARTS) is 1. The molecule has 1 aliphatic carbocycles. The summed E-state index contributed by atoms with van der Waals surface area (Å²) in [6.45, 7) is 3.13. The molecule has 1 aliphatic rings. The molecule has 104 valence electrons. The number of carbonyl (C=O) groups is 2. The highest BCUT2D eigenvalue weighted by Crippen LogP contribution is 2.19. The molecule has 18 heavy (non-hydrogen) atoms. The fourth-order valence-corrected chi connectivity index (χ4v) is 2.21. The molecule has 1 amide bonds. The van der Waals surface area contributed by atoms with Gasteiger partial charge in [0.15, 0.2) is 0 Å². The number of carboxylic acids is 1. The van der Waals surface area contributed by atoms with Crippen LogP contribution in [0.1, 0.15) is 46.0 Å². The molecule has 0 aromatic heterocycles. The Hall–Kier alpha value is -1.10. The molecule has 1 rings (SSSR count). The van der Waals surface area contributed by atoms with Gasteiger partial charge < -0.3 is 15.5 Å². The molecular formula is C13H23NO4. The average Bonchev–Trinajstić information content (AvgIpc) is 2.53. The first-order chi connectivity index (χ1) is 8.43. The SMILES string of the molecule is CC(C(=O)O)C(C)C(=O)NC1CCCCCC1O. The molecule has 0 bridgehead atoms. The average molecular weight is 257 g/mol. The maximum absolute atomic E-state index is 11.9. The molecule has 5 nitrogen and oxygen atoms in total. The summed E-state index contributed by atoms with van der Waals surface area (Å²) in [4.78, 5) is 22.8. The summed E-state index contributed by atoms with van der Waals surface area (Å²) < 4.78 is 0. The Labute approximate surface area is 108 Å². The second-order valence-electron chi connectivity index (χ2n) is 5.24. The molecule has 0 heterocycles. The maximum Gasteiger partial charge on any atom is 0.307 e. The second-order valence-corrected chi connectivity index (χ2v) is 5.24. The van der Waals surface area contributed by atoms with Crippen molar-refractivity contribution in [3.8, 4) is 0 Å². The smallest absolute Gasteiger partial charge is 0.307 e. The second kappa shape index (κ2) is 6.73. The van der Waals surface area contributed by atoms with Crippen LogP contribution in [0.5, 0.6) is 0 Å². The van der Waals surface area contributed by atoms with E-state index in [1.807, 2.05) is 0 Å². The number of hydrogen-bond donors (Lipinski definition) is 3. The first-order valence-electron chi connectivity index (χ1n) is 6.64. The van der Waals surface area contributed by atoms with Gasteiger partial charge in [-0.2, -0.15) is 0 Å². The molecule has 0 aromatic rings. The van der Waals surface area contributed by atoms with E-state index in [1.54, 1.807) is 6.92 Å². The molecular weight excluding hydrogens is 234 g/mol. The predicted molar refractivity (Wildman–Crippen MR) is 67.0 cm³/mol. The number of nitrogens with one attached hydrogen (secondary N) is 1. The van der Waals surface area contributed by atoms with Crippen LogP contribution in [0, 0.1) is 11.8 Å². The van der Waals surface area contributed by atoms with Gasteiger partial charge in [0.2, 0.25) is 5.91 Å². The minimum atomic E-state index is -0.973. The van der Waals surface area contributed by atoms with Crippen molar-refractivity contribution < 1.29 is 19.8 Å². The summed E-state index contributed by atoms with van der Waals surface area (Å²) in [5.41, 5.74) is 0. The fourth-order valence-electron chi connectivity index (χ4n) is 2.21. The molecule has 0 spiro atoms. The third-order valence-electron chi connectivity index (χ3n) is 3.86. The van der Waals surface area contributed by atoms with Crippen molar-refractivity contribution in [3.05, 3.63) is 0 Å².